The number of hydrogen-bond donors (Lipinski definition) is 1. The molecule has 3 nitrogen and oxygen atoms in total. The Morgan fingerprint density at radius 2 is 1.94 bits per heavy atom. The van der Waals surface area contributed by atoms with Gasteiger partial charge in [-0.05, 0) is 37.6 Å². The average molecular weight is 251 g/mol. The molecule has 18 heavy (non-hydrogen) atoms. The Morgan fingerprint density at radius 3 is 2.50 bits per heavy atom. The highest BCUT2D eigenvalue weighted by Crippen LogP contribution is 2.15. The Bertz CT molecular complexity index is 305. The molecule has 0 radical (unpaired) electrons. The third-order valence-corrected chi connectivity index (χ3v) is 2.86. The van der Waals surface area contributed by atoms with Crippen molar-refractivity contribution in [2.24, 2.45) is 0 Å². The van der Waals surface area contributed by atoms with Crippen molar-refractivity contribution >= 4 is 0 Å². The Hall–Kier alpha value is -1.06. The van der Waals surface area contributed by atoms with E-state index >= 15 is 0 Å². The fourth-order valence-corrected chi connectivity index (χ4v) is 1.90. The van der Waals surface area contributed by atoms with E-state index in [2.05, 4.69) is 24.4 Å². The van der Waals surface area contributed by atoms with Crippen molar-refractivity contribution in [1.82, 2.24) is 5.32 Å². The van der Waals surface area contributed by atoms with Gasteiger partial charge in [0.2, 0.25) is 0 Å². The topological polar surface area (TPSA) is 30.5 Å². The van der Waals surface area contributed by atoms with Crippen molar-refractivity contribution in [2.75, 3.05) is 27.3 Å². The van der Waals surface area contributed by atoms with Gasteiger partial charge < -0.3 is 14.8 Å². The summed E-state index contributed by atoms with van der Waals surface area (Å²) >= 11 is 0. The van der Waals surface area contributed by atoms with Crippen molar-refractivity contribution in [3.63, 3.8) is 0 Å². The van der Waals surface area contributed by atoms with E-state index in [4.69, 9.17) is 9.47 Å². The minimum atomic E-state index is 0.254. The summed E-state index contributed by atoms with van der Waals surface area (Å²) in [6.07, 6.45) is 3.42. The molecule has 0 spiro atoms. The number of rotatable bonds is 9. The molecule has 1 rings (SSSR count). The second-order valence-electron chi connectivity index (χ2n) is 4.47. The van der Waals surface area contributed by atoms with Crippen LogP contribution in [0.2, 0.25) is 0 Å². The van der Waals surface area contributed by atoms with E-state index in [1.807, 2.05) is 19.2 Å². The molecule has 0 aliphatic heterocycles. The molecule has 1 unspecified atom stereocenters. The smallest absolute Gasteiger partial charge is 0.119 e. The van der Waals surface area contributed by atoms with E-state index in [-0.39, 0.29) is 6.10 Å². The molecule has 0 aliphatic rings. The molecule has 1 aromatic rings. The largest absolute Gasteiger partial charge is 0.489 e. The number of likely N-dealkylation sites (N-methyl/N-ethyl adjacent to an activating group) is 1. The van der Waals surface area contributed by atoms with Gasteiger partial charge in [0, 0.05) is 13.7 Å². The minimum Gasteiger partial charge on any atom is -0.489 e. The molecular formula is C15H25NO2. The summed E-state index contributed by atoms with van der Waals surface area (Å²) in [7, 11) is 3.68. The van der Waals surface area contributed by atoms with Gasteiger partial charge in [0.1, 0.15) is 11.9 Å². The normalized spacial score (nSPS) is 12.4. The summed E-state index contributed by atoms with van der Waals surface area (Å²) < 4.78 is 11.0. The van der Waals surface area contributed by atoms with Crippen LogP contribution >= 0.6 is 0 Å². The van der Waals surface area contributed by atoms with E-state index in [1.165, 1.54) is 5.56 Å². The number of benzene rings is 1. The number of nitrogens with one attached hydrogen (secondary N) is 1. The second kappa shape index (κ2) is 8.95. The molecule has 0 heterocycles. The van der Waals surface area contributed by atoms with Crippen molar-refractivity contribution in [1.29, 1.82) is 0 Å². The van der Waals surface area contributed by atoms with Gasteiger partial charge in [0.05, 0.1) is 6.61 Å². The lowest BCUT2D eigenvalue weighted by molar-refractivity contribution is 0.189. The molecule has 0 bridgehead atoms. The van der Waals surface area contributed by atoms with Crippen molar-refractivity contribution in [3.8, 4) is 5.75 Å². The average Bonchev–Trinajstić information content (AvgIpc) is 2.38. The van der Waals surface area contributed by atoms with Gasteiger partial charge in [-0.2, -0.15) is 0 Å². The first-order chi connectivity index (χ1) is 8.80. The van der Waals surface area contributed by atoms with Gasteiger partial charge in [-0.15, -0.1) is 0 Å². The van der Waals surface area contributed by atoms with Gasteiger partial charge in [0.25, 0.3) is 0 Å². The Balaban J connectivity index is 2.50. The fraction of sp³-hybridized carbons (Fsp3) is 0.600. The molecule has 0 saturated heterocycles. The highest BCUT2D eigenvalue weighted by atomic mass is 16.5. The third-order valence-electron chi connectivity index (χ3n) is 2.86. The van der Waals surface area contributed by atoms with Crippen LogP contribution in [0.5, 0.6) is 5.75 Å². The lowest BCUT2D eigenvalue weighted by atomic mass is 10.1. The maximum atomic E-state index is 5.96. The Kier molecular flexibility index (Phi) is 7.46. The molecule has 0 aliphatic carbocycles. The van der Waals surface area contributed by atoms with Crippen LogP contribution in [0, 0.1) is 0 Å². The van der Waals surface area contributed by atoms with Gasteiger partial charge in [-0.3, -0.25) is 0 Å². The van der Waals surface area contributed by atoms with E-state index < -0.39 is 0 Å². The van der Waals surface area contributed by atoms with Crippen molar-refractivity contribution in [3.05, 3.63) is 29.8 Å². The van der Waals surface area contributed by atoms with Crippen LogP contribution in [0.3, 0.4) is 0 Å². The maximum absolute atomic E-state index is 5.96. The minimum absolute atomic E-state index is 0.254. The van der Waals surface area contributed by atoms with Gasteiger partial charge >= 0.3 is 0 Å². The van der Waals surface area contributed by atoms with Gasteiger partial charge in [0.15, 0.2) is 0 Å². The highest BCUT2D eigenvalue weighted by molar-refractivity contribution is 5.27. The summed E-state index contributed by atoms with van der Waals surface area (Å²) in [5, 5.41) is 3.17. The summed E-state index contributed by atoms with van der Waals surface area (Å²) in [5.74, 6) is 0.949. The predicted molar refractivity (Wildman–Crippen MR) is 75.3 cm³/mol. The summed E-state index contributed by atoms with van der Waals surface area (Å²) in [6.45, 7) is 3.83. The van der Waals surface area contributed by atoms with Crippen LogP contribution in [0.1, 0.15) is 25.3 Å². The predicted octanol–water partition coefficient (Wildman–Crippen LogP) is 2.64. The molecule has 0 saturated carbocycles. The van der Waals surface area contributed by atoms with Crippen molar-refractivity contribution in [2.45, 2.75) is 32.3 Å². The molecule has 0 fully saturated rings. The summed E-state index contributed by atoms with van der Waals surface area (Å²) in [5.41, 5.74) is 1.28. The standard InChI is InChI=1S/C15H25NO2/c1-4-5-15(12-16-2)18-14-8-6-13(7-9-14)10-11-17-3/h6-9,15-16H,4-5,10-12H2,1-3H3. The summed E-state index contributed by atoms with van der Waals surface area (Å²) in [6, 6.07) is 8.31. The zero-order valence-electron chi connectivity index (χ0n) is 11.7. The lowest BCUT2D eigenvalue weighted by Gasteiger charge is -2.18. The monoisotopic (exact) mass is 251 g/mol. The quantitative estimate of drug-likeness (QED) is 0.732. The third kappa shape index (κ3) is 5.52. The molecule has 1 atom stereocenters. The Labute approximate surface area is 110 Å². The van der Waals surface area contributed by atoms with E-state index in [1.54, 1.807) is 7.11 Å². The molecule has 3 heteroatoms. The van der Waals surface area contributed by atoms with E-state index in [9.17, 15) is 0 Å². The zero-order chi connectivity index (χ0) is 13.2. The number of ether oxygens (including phenoxy) is 2. The van der Waals surface area contributed by atoms with Crippen LogP contribution in [0.25, 0.3) is 0 Å². The van der Waals surface area contributed by atoms with Crippen LogP contribution in [-0.4, -0.2) is 33.4 Å². The van der Waals surface area contributed by atoms with Crippen LogP contribution in [0.15, 0.2) is 24.3 Å². The zero-order valence-corrected chi connectivity index (χ0v) is 11.7. The first kappa shape index (κ1) is 15.0. The molecule has 1 N–H and O–H groups in total. The van der Waals surface area contributed by atoms with Crippen LogP contribution in [-0.2, 0) is 11.2 Å². The Morgan fingerprint density at radius 1 is 1.22 bits per heavy atom. The van der Waals surface area contributed by atoms with E-state index in [0.29, 0.717) is 0 Å². The fourth-order valence-electron chi connectivity index (χ4n) is 1.90. The SMILES string of the molecule is CCCC(CNC)Oc1ccc(CCOC)cc1. The summed E-state index contributed by atoms with van der Waals surface area (Å²) in [4.78, 5) is 0. The molecular weight excluding hydrogens is 226 g/mol. The molecule has 0 aromatic heterocycles. The highest BCUT2D eigenvalue weighted by Gasteiger charge is 2.08. The molecule has 102 valence electrons. The second-order valence-corrected chi connectivity index (χ2v) is 4.47. The lowest BCUT2D eigenvalue weighted by Crippen LogP contribution is -2.29. The van der Waals surface area contributed by atoms with Crippen LogP contribution < -0.4 is 10.1 Å². The first-order valence-corrected chi connectivity index (χ1v) is 6.69. The van der Waals surface area contributed by atoms with E-state index in [0.717, 1.165) is 38.2 Å². The van der Waals surface area contributed by atoms with Crippen LogP contribution in [0.4, 0.5) is 0 Å². The number of methoxy groups -OCH3 is 1. The first-order valence-electron chi connectivity index (χ1n) is 6.69. The molecule has 1 aromatic carbocycles. The number of hydrogen-bond acceptors (Lipinski definition) is 3. The maximum Gasteiger partial charge on any atom is 0.119 e. The van der Waals surface area contributed by atoms with Crippen molar-refractivity contribution < 1.29 is 9.47 Å². The molecule has 0 amide bonds. The van der Waals surface area contributed by atoms with Gasteiger partial charge in [-0.1, -0.05) is 25.5 Å². The van der Waals surface area contributed by atoms with Gasteiger partial charge in [-0.25, -0.2) is 0 Å².